The normalized spacial score (nSPS) is 11.3. The summed E-state index contributed by atoms with van der Waals surface area (Å²) in [5.74, 6) is 0.745. The second-order valence-corrected chi connectivity index (χ2v) is 8.22. The van der Waals surface area contributed by atoms with Gasteiger partial charge in [-0.05, 0) is 61.5 Å². The number of hydrogen-bond acceptors (Lipinski definition) is 6. The number of hydrogen-bond donors (Lipinski definition) is 2. The number of anilines is 1. The molecule has 0 spiro atoms. The van der Waals surface area contributed by atoms with E-state index in [9.17, 15) is 13.2 Å². The molecule has 1 heterocycles. The highest BCUT2D eigenvalue weighted by Crippen LogP contribution is 2.18. The lowest BCUT2D eigenvalue weighted by Crippen LogP contribution is -2.23. The van der Waals surface area contributed by atoms with Crippen LogP contribution in [0.2, 0.25) is 0 Å². The average molecular weight is 445 g/mol. The molecule has 3 aromatic rings. The minimum atomic E-state index is -3.70. The maximum atomic E-state index is 12.5. The number of furan rings is 1. The molecule has 0 aliphatic carbocycles. The summed E-state index contributed by atoms with van der Waals surface area (Å²) in [6, 6.07) is 16.1. The van der Waals surface area contributed by atoms with Crippen LogP contribution in [0.25, 0.3) is 0 Å². The summed E-state index contributed by atoms with van der Waals surface area (Å²) >= 11 is 0. The van der Waals surface area contributed by atoms with Crippen molar-refractivity contribution in [2.24, 2.45) is 0 Å². The van der Waals surface area contributed by atoms with Gasteiger partial charge in [0.25, 0.3) is 5.91 Å². The predicted octanol–water partition coefficient (Wildman–Crippen LogP) is 3.43. The van der Waals surface area contributed by atoms with Crippen LogP contribution in [0.5, 0.6) is 5.75 Å². The Bertz CT molecular complexity index is 1080. The summed E-state index contributed by atoms with van der Waals surface area (Å²) in [6.45, 7) is 3.44. The van der Waals surface area contributed by atoms with E-state index in [0.717, 1.165) is 0 Å². The number of sulfonamides is 1. The number of carbonyl (C=O) groups is 1. The minimum absolute atomic E-state index is 0.0524. The van der Waals surface area contributed by atoms with Gasteiger partial charge in [0, 0.05) is 17.9 Å². The zero-order valence-electron chi connectivity index (χ0n) is 17.0. The van der Waals surface area contributed by atoms with Gasteiger partial charge in [0.1, 0.15) is 18.1 Å². The van der Waals surface area contributed by atoms with Crippen LogP contribution >= 0.6 is 0 Å². The SMILES string of the molecule is CCOCCOc1cccc(C(=O)Nc2ccc(S(=O)(=O)NCc3ccco3)cc2)c1. The van der Waals surface area contributed by atoms with Crippen LogP contribution in [0.1, 0.15) is 23.0 Å². The maximum absolute atomic E-state index is 12.5. The van der Waals surface area contributed by atoms with Crippen LogP contribution in [-0.4, -0.2) is 34.1 Å². The first kappa shape index (κ1) is 22.5. The van der Waals surface area contributed by atoms with Crippen molar-refractivity contribution in [1.82, 2.24) is 4.72 Å². The number of carbonyl (C=O) groups excluding carboxylic acids is 1. The Morgan fingerprint density at radius 2 is 1.84 bits per heavy atom. The number of rotatable bonds is 11. The Hall–Kier alpha value is -3.14. The summed E-state index contributed by atoms with van der Waals surface area (Å²) in [5.41, 5.74) is 0.892. The number of nitrogens with one attached hydrogen (secondary N) is 2. The lowest BCUT2D eigenvalue weighted by Gasteiger charge is -2.10. The second kappa shape index (κ2) is 10.8. The maximum Gasteiger partial charge on any atom is 0.255 e. The van der Waals surface area contributed by atoms with Crippen LogP contribution in [0.4, 0.5) is 5.69 Å². The van der Waals surface area contributed by atoms with E-state index < -0.39 is 10.0 Å². The smallest absolute Gasteiger partial charge is 0.255 e. The Kier molecular flexibility index (Phi) is 7.82. The molecule has 9 heteroatoms. The molecular weight excluding hydrogens is 420 g/mol. The van der Waals surface area contributed by atoms with Gasteiger partial charge < -0.3 is 19.2 Å². The van der Waals surface area contributed by atoms with Crippen molar-refractivity contribution in [1.29, 1.82) is 0 Å². The third kappa shape index (κ3) is 6.68. The topological polar surface area (TPSA) is 107 Å². The summed E-state index contributed by atoms with van der Waals surface area (Å²) in [6.07, 6.45) is 1.48. The van der Waals surface area contributed by atoms with Crippen molar-refractivity contribution in [3.63, 3.8) is 0 Å². The molecule has 31 heavy (non-hydrogen) atoms. The first-order valence-electron chi connectivity index (χ1n) is 9.72. The van der Waals surface area contributed by atoms with Gasteiger partial charge in [-0.2, -0.15) is 0 Å². The van der Waals surface area contributed by atoms with Gasteiger partial charge in [-0.1, -0.05) is 6.07 Å². The van der Waals surface area contributed by atoms with Crippen molar-refractivity contribution in [3.05, 3.63) is 78.3 Å². The van der Waals surface area contributed by atoms with Crippen LogP contribution in [0, 0.1) is 0 Å². The molecular formula is C22H24N2O6S. The van der Waals surface area contributed by atoms with Crippen molar-refractivity contribution >= 4 is 21.6 Å². The highest BCUT2D eigenvalue weighted by molar-refractivity contribution is 7.89. The molecule has 0 aliphatic heterocycles. The molecule has 2 aromatic carbocycles. The van der Waals surface area contributed by atoms with Crippen molar-refractivity contribution in [2.75, 3.05) is 25.1 Å². The Balaban J connectivity index is 1.58. The molecule has 0 saturated carbocycles. The van der Waals surface area contributed by atoms with E-state index in [2.05, 4.69) is 10.0 Å². The summed E-state index contributed by atoms with van der Waals surface area (Å²) in [4.78, 5) is 12.6. The van der Waals surface area contributed by atoms with Gasteiger partial charge in [-0.25, -0.2) is 13.1 Å². The largest absolute Gasteiger partial charge is 0.491 e. The zero-order valence-corrected chi connectivity index (χ0v) is 17.9. The molecule has 3 rings (SSSR count). The van der Waals surface area contributed by atoms with E-state index in [1.54, 1.807) is 36.4 Å². The molecule has 0 saturated heterocycles. The molecule has 0 unspecified atom stereocenters. The molecule has 0 fully saturated rings. The van der Waals surface area contributed by atoms with Crippen LogP contribution in [0.15, 0.2) is 76.2 Å². The Morgan fingerprint density at radius 1 is 1.03 bits per heavy atom. The summed E-state index contributed by atoms with van der Waals surface area (Å²) in [7, 11) is -3.70. The molecule has 0 bridgehead atoms. The van der Waals surface area contributed by atoms with Gasteiger partial charge in [0.2, 0.25) is 10.0 Å². The first-order valence-corrected chi connectivity index (χ1v) is 11.2. The van der Waals surface area contributed by atoms with Gasteiger partial charge in [0.15, 0.2) is 0 Å². The van der Waals surface area contributed by atoms with Crippen molar-refractivity contribution < 1.29 is 27.1 Å². The number of benzene rings is 2. The molecule has 0 aliphatic rings. The predicted molar refractivity (Wildman–Crippen MR) is 116 cm³/mol. The van der Waals surface area contributed by atoms with E-state index in [1.165, 1.54) is 30.5 Å². The standard InChI is InChI=1S/C22H24N2O6S/c1-2-28-13-14-30-19-6-3-5-17(15-19)22(25)24-18-8-10-21(11-9-18)31(26,27)23-16-20-7-4-12-29-20/h3-12,15,23H,2,13-14,16H2,1H3,(H,24,25). The van der Waals surface area contributed by atoms with Crippen molar-refractivity contribution in [3.8, 4) is 5.75 Å². The molecule has 2 N–H and O–H groups in total. The molecule has 164 valence electrons. The van der Waals surface area contributed by atoms with Gasteiger partial charge in [0.05, 0.1) is 24.3 Å². The lowest BCUT2D eigenvalue weighted by atomic mass is 10.2. The molecule has 0 atom stereocenters. The Morgan fingerprint density at radius 3 is 2.55 bits per heavy atom. The minimum Gasteiger partial charge on any atom is -0.491 e. The van der Waals surface area contributed by atoms with E-state index in [-0.39, 0.29) is 17.3 Å². The first-order chi connectivity index (χ1) is 15.0. The number of ether oxygens (including phenoxy) is 2. The van der Waals surface area contributed by atoms with E-state index >= 15 is 0 Å². The van der Waals surface area contributed by atoms with Crippen LogP contribution in [0.3, 0.4) is 0 Å². The highest BCUT2D eigenvalue weighted by atomic mass is 32.2. The number of amides is 1. The third-order valence-corrected chi connectivity index (χ3v) is 5.65. The van der Waals surface area contributed by atoms with E-state index in [1.807, 2.05) is 6.92 Å². The quantitative estimate of drug-likeness (QED) is 0.439. The van der Waals surface area contributed by atoms with Crippen LogP contribution < -0.4 is 14.8 Å². The lowest BCUT2D eigenvalue weighted by molar-refractivity contribution is 0.102. The molecule has 8 nitrogen and oxygen atoms in total. The summed E-state index contributed by atoms with van der Waals surface area (Å²) < 4.78 is 43.1. The van der Waals surface area contributed by atoms with E-state index in [0.29, 0.717) is 42.6 Å². The molecule has 1 amide bonds. The van der Waals surface area contributed by atoms with Gasteiger partial charge in [-0.15, -0.1) is 0 Å². The second-order valence-electron chi connectivity index (χ2n) is 6.46. The monoisotopic (exact) mass is 444 g/mol. The fraction of sp³-hybridized carbons (Fsp3) is 0.227. The molecule has 1 aromatic heterocycles. The highest BCUT2D eigenvalue weighted by Gasteiger charge is 2.15. The van der Waals surface area contributed by atoms with Crippen LogP contribution in [-0.2, 0) is 21.3 Å². The third-order valence-electron chi connectivity index (χ3n) is 4.24. The van der Waals surface area contributed by atoms with Gasteiger partial charge >= 0.3 is 0 Å². The fourth-order valence-electron chi connectivity index (χ4n) is 2.67. The summed E-state index contributed by atoms with van der Waals surface area (Å²) in [5, 5.41) is 2.75. The Labute approximate surface area is 181 Å². The molecule has 0 radical (unpaired) electrons. The zero-order chi connectivity index (χ0) is 22.1. The van der Waals surface area contributed by atoms with E-state index in [4.69, 9.17) is 13.9 Å². The average Bonchev–Trinajstić information content (AvgIpc) is 3.30. The van der Waals surface area contributed by atoms with Crippen molar-refractivity contribution in [2.45, 2.75) is 18.4 Å². The van der Waals surface area contributed by atoms with Gasteiger partial charge in [-0.3, -0.25) is 4.79 Å². The fourth-order valence-corrected chi connectivity index (χ4v) is 3.67.